The molecule has 8 heteroatoms. The molecular formula is C11H12F3NO3S. The van der Waals surface area contributed by atoms with Crippen molar-refractivity contribution in [2.24, 2.45) is 0 Å². The van der Waals surface area contributed by atoms with Gasteiger partial charge in [-0.1, -0.05) is 0 Å². The molecule has 2 rings (SSSR count). The van der Waals surface area contributed by atoms with Crippen LogP contribution in [-0.2, 0) is 10.0 Å². The fraction of sp³-hybridized carbons (Fsp3) is 0.455. The van der Waals surface area contributed by atoms with Crippen molar-refractivity contribution in [1.82, 2.24) is 4.31 Å². The Morgan fingerprint density at radius 1 is 1.21 bits per heavy atom. The average molecular weight is 295 g/mol. The van der Waals surface area contributed by atoms with Crippen LogP contribution in [0.2, 0.25) is 0 Å². The van der Waals surface area contributed by atoms with Crippen molar-refractivity contribution in [3.8, 4) is 0 Å². The molecule has 0 aliphatic carbocycles. The van der Waals surface area contributed by atoms with Gasteiger partial charge in [0.25, 0.3) is 0 Å². The maximum atomic E-state index is 13.5. The van der Waals surface area contributed by atoms with Gasteiger partial charge in [0.2, 0.25) is 10.0 Å². The summed E-state index contributed by atoms with van der Waals surface area (Å²) < 4.78 is 64.5. The van der Waals surface area contributed by atoms with Crippen molar-refractivity contribution < 1.29 is 26.7 Å². The smallest absolute Gasteiger partial charge is 0.246 e. The van der Waals surface area contributed by atoms with Crippen molar-refractivity contribution in [3.63, 3.8) is 0 Å². The number of benzene rings is 1. The van der Waals surface area contributed by atoms with Crippen molar-refractivity contribution >= 4 is 10.0 Å². The molecular weight excluding hydrogens is 283 g/mol. The summed E-state index contributed by atoms with van der Waals surface area (Å²) in [7, 11) is -4.27. The van der Waals surface area contributed by atoms with Crippen LogP contribution in [0.4, 0.5) is 13.2 Å². The Kier molecular flexibility index (Phi) is 3.84. The lowest BCUT2D eigenvalue weighted by atomic mass is 10.1. The third-order valence-corrected chi connectivity index (χ3v) is 4.86. The molecule has 0 amide bonds. The normalized spacial score (nSPS) is 21.6. The summed E-state index contributed by atoms with van der Waals surface area (Å²) in [6.07, 6.45) is 0.0368. The summed E-state index contributed by atoms with van der Waals surface area (Å²) in [5.74, 6) is -5.01. The van der Waals surface area contributed by atoms with Crippen LogP contribution in [0.15, 0.2) is 17.0 Å². The van der Waals surface area contributed by atoms with E-state index in [0.29, 0.717) is 25.0 Å². The zero-order valence-electron chi connectivity index (χ0n) is 9.81. The topological polar surface area (TPSA) is 57.6 Å². The number of hydrogen-bond acceptors (Lipinski definition) is 3. The Balaban J connectivity index is 2.42. The van der Waals surface area contributed by atoms with Gasteiger partial charge < -0.3 is 5.11 Å². The lowest BCUT2D eigenvalue weighted by Crippen LogP contribution is -2.42. The second-order valence-corrected chi connectivity index (χ2v) is 6.24. The van der Waals surface area contributed by atoms with Crippen LogP contribution in [0.1, 0.15) is 12.8 Å². The fourth-order valence-electron chi connectivity index (χ4n) is 1.99. The highest BCUT2D eigenvalue weighted by Crippen LogP contribution is 2.25. The first-order valence-corrected chi connectivity index (χ1v) is 7.09. The van der Waals surface area contributed by atoms with Gasteiger partial charge in [-0.3, -0.25) is 0 Å². The number of aliphatic hydroxyl groups is 1. The Morgan fingerprint density at radius 2 is 1.89 bits per heavy atom. The van der Waals surface area contributed by atoms with E-state index >= 15 is 0 Å². The summed E-state index contributed by atoms with van der Waals surface area (Å²) >= 11 is 0. The second-order valence-electron chi connectivity index (χ2n) is 4.33. The Morgan fingerprint density at radius 3 is 2.53 bits per heavy atom. The number of halogens is 3. The number of nitrogens with zero attached hydrogens (tertiary/aromatic N) is 1. The molecule has 1 heterocycles. The van der Waals surface area contributed by atoms with Crippen LogP contribution in [0, 0.1) is 17.5 Å². The molecule has 106 valence electrons. The van der Waals surface area contributed by atoms with Crippen molar-refractivity contribution in [3.05, 3.63) is 29.6 Å². The van der Waals surface area contributed by atoms with Crippen LogP contribution in [0.25, 0.3) is 0 Å². The predicted octanol–water partition coefficient (Wildman–Crippen LogP) is 1.25. The molecule has 0 spiro atoms. The Bertz CT molecular complexity index is 591. The summed E-state index contributed by atoms with van der Waals surface area (Å²) in [6.45, 7) is -0.0708. The average Bonchev–Trinajstić information content (AvgIpc) is 2.36. The molecule has 1 aliphatic rings. The number of rotatable bonds is 2. The van der Waals surface area contributed by atoms with Gasteiger partial charge in [0.05, 0.1) is 6.10 Å². The van der Waals surface area contributed by atoms with Crippen LogP contribution >= 0.6 is 0 Å². The molecule has 1 saturated heterocycles. The number of β-amino-alcohol motifs (C(OH)–C–C–N with tert-alkyl or cyclic N) is 1. The first-order valence-electron chi connectivity index (χ1n) is 5.65. The van der Waals surface area contributed by atoms with Gasteiger partial charge in [-0.2, -0.15) is 4.31 Å². The van der Waals surface area contributed by atoms with Crippen molar-refractivity contribution in [1.29, 1.82) is 0 Å². The summed E-state index contributed by atoms with van der Waals surface area (Å²) in [6, 6.07) is 1.25. The van der Waals surface area contributed by atoms with Crippen LogP contribution in [0.5, 0.6) is 0 Å². The first kappa shape index (κ1) is 14.3. The zero-order chi connectivity index (χ0) is 14.2. The van der Waals surface area contributed by atoms with E-state index in [9.17, 15) is 26.7 Å². The third-order valence-electron chi connectivity index (χ3n) is 2.98. The molecule has 0 radical (unpaired) electrons. The second kappa shape index (κ2) is 5.10. The molecule has 0 aromatic heterocycles. The van der Waals surface area contributed by atoms with E-state index in [1.54, 1.807) is 0 Å². The minimum absolute atomic E-state index is 0.109. The number of aliphatic hydroxyl groups excluding tert-OH is 1. The van der Waals surface area contributed by atoms with Crippen LogP contribution in [0.3, 0.4) is 0 Å². The van der Waals surface area contributed by atoms with Crippen molar-refractivity contribution in [2.75, 3.05) is 13.1 Å². The fourth-order valence-corrected chi connectivity index (χ4v) is 3.56. The molecule has 0 bridgehead atoms. The minimum atomic E-state index is -4.27. The van der Waals surface area contributed by atoms with Gasteiger partial charge in [0.15, 0.2) is 17.5 Å². The van der Waals surface area contributed by atoms with Gasteiger partial charge in [-0.15, -0.1) is 0 Å². The molecule has 0 saturated carbocycles. The Hall–Kier alpha value is -1.12. The highest BCUT2D eigenvalue weighted by molar-refractivity contribution is 7.89. The van der Waals surface area contributed by atoms with Crippen LogP contribution in [-0.4, -0.2) is 37.0 Å². The molecule has 4 nitrogen and oxygen atoms in total. The molecule has 1 atom stereocenters. The van der Waals surface area contributed by atoms with Crippen molar-refractivity contribution in [2.45, 2.75) is 23.8 Å². The number of piperidine rings is 1. The van der Waals surface area contributed by atoms with Gasteiger partial charge in [-0.05, 0) is 25.0 Å². The monoisotopic (exact) mass is 295 g/mol. The van der Waals surface area contributed by atoms with Gasteiger partial charge in [0, 0.05) is 13.1 Å². The van der Waals surface area contributed by atoms with Gasteiger partial charge >= 0.3 is 0 Å². The van der Waals surface area contributed by atoms with E-state index in [-0.39, 0.29) is 13.1 Å². The predicted molar refractivity (Wildman–Crippen MR) is 60.3 cm³/mol. The molecule has 19 heavy (non-hydrogen) atoms. The largest absolute Gasteiger partial charge is 0.392 e. The standard InChI is InChI=1S/C11H12F3NO3S/c12-8-3-4-9(11(14)10(8)13)19(17,18)15-5-1-2-7(16)6-15/h3-4,7,16H,1-2,5-6H2. The minimum Gasteiger partial charge on any atom is -0.392 e. The lowest BCUT2D eigenvalue weighted by Gasteiger charge is -2.29. The number of sulfonamides is 1. The van der Waals surface area contributed by atoms with E-state index < -0.39 is 38.5 Å². The highest BCUT2D eigenvalue weighted by Gasteiger charge is 2.33. The molecule has 1 aromatic carbocycles. The maximum absolute atomic E-state index is 13.5. The lowest BCUT2D eigenvalue weighted by molar-refractivity contribution is 0.108. The van der Waals surface area contributed by atoms with E-state index in [1.165, 1.54) is 0 Å². The molecule has 1 N–H and O–H groups in total. The zero-order valence-corrected chi connectivity index (χ0v) is 10.6. The molecule has 1 aromatic rings. The van der Waals surface area contributed by atoms with E-state index in [0.717, 1.165) is 4.31 Å². The third kappa shape index (κ3) is 2.60. The van der Waals surface area contributed by atoms with E-state index in [2.05, 4.69) is 0 Å². The maximum Gasteiger partial charge on any atom is 0.246 e. The van der Waals surface area contributed by atoms with E-state index in [4.69, 9.17) is 0 Å². The SMILES string of the molecule is O=S(=O)(c1ccc(F)c(F)c1F)N1CCCC(O)C1. The summed E-state index contributed by atoms with van der Waals surface area (Å²) in [4.78, 5) is -0.916. The summed E-state index contributed by atoms with van der Waals surface area (Å²) in [5.41, 5.74) is 0. The van der Waals surface area contributed by atoms with Crippen LogP contribution < -0.4 is 0 Å². The molecule has 1 unspecified atom stereocenters. The Labute approximate surface area is 108 Å². The van der Waals surface area contributed by atoms with E-state index in [1.807, 2.05) is 0 Å². The van der Waals surface area contributed by atoms with Gasteiger partial charge in [-0.25, -0.2) is 21.6 Å². The summed E-state index contributed by atoms with van der Waals surface area (Å²) in [5, 5.41) is 9.42. The molecule has 1 fully saturated rings. The quantitative estimate of drug-likeness (QED) is 0.835. The first-order chi connectivity index (χ1) is 8.84. The van der Waals surface area contributed by atoms with Gasteiger partial charge in [0.1, 0.15) is 4.90 Å². The molecule has 1 aliphatic heterocycles. The number of hydrogen-bond donors (Lipinski definition) is 1. The highest BCUT2D eigenvalue weighted by atomic mass is 32.2.